The zero-order chi connectivity index (χ0) is 19.3. The van der Waals surface area contributed by atoms with E-state index in [1.54, 1.807) is 24.3 Å². The highest BCUT2D eigenvalue weighted by molar-refractivity contribution is 6.18. The van der Waals surface area contributed by atoms with Gasteiger partial charge in [0.2, 0.25) is 11.6 Å². The molecule has 6 nitrogen and oxygen atoms in total. The minimum Gasteiger partial charge on any atom is -0.322 e. The summed E-state index contributed by atoms with van der Waals surface area (Å²) in [6, 6.07) is 9.53. The molecule has 0 spiro atoms. The molecule has 0 radical (unpaired) electrons. The number of benzene rings is 2. The molecular formula is C19H15F2N3O3. The number of nitrogens with one attached hydrogen (secondary N) is 1. The third-order valence-electron chi connectivity index (χ3n) is 5.08. The van der Waals surface area contributed by atoms with Gasteiger partial charge < -0.3 is 10.2 Å². The van der Waals surface area contributed by atoms with E-state index in [-0.39, 0.29) is 24.4 Å². The van der Waals surface area contributed by atoms with Gasteiger partial charge >= 0.3 is 0 Å². The van der Waals surface area contributed by atoms with Crippen LogP contribution in [-0.4, -0.2) is 35.3 Å². The van der Waals surface area contributed by atoms with Crippen LogP contribution in [0.15, 0.2) is 42.5 Å². The van der Waals surface area contributed by atoms with Crippen LogP contribution in [0.4, 0.5) is 20.2 Å². The molecule has 2 aliphatic heterocycles. The molecule has 1 N–H and O–H groups in total. The van der Waals surface area contributed by atoms with Crippen LogP contribution in [0.5, 0.6) is 0 Å². The quantitative estimate of drug-likeness (QED) is 0.882. The molecule has 1 atom stereocenters. The Kier molecular flexibility index (Phi) is 3.73. The lowest BCUT2D eigenvalue weighted by molar-refractivity contribution is -0.128. The monoisotopic (exact) mass is 371 g/mol. The number of carbonyl (C=O) groups excluding carboxylic acids is 3. The standard InChI is InChI=1S/C19H15F2N3O3/c1-23-17(26)12-4-2-3-5-15(12)24-16(25)8-9-19(23,24)18(27)22-11-6-7-13(20)14(21)10-11/h2-7,10H,8-9H2,1H3,(H,22,27). The molecule has 1 fully saturated rings. The van der Waals surface area contributed by atoms with E-state index in [9.17, 15) is 23.2 Å². The molecule has 3 amide bonds. The maximum Gasteiger partial charge on any atom is 0.271 e. The van der Waals surface area contributed by atoms with Crippen LogP contribution >= 0.6 is 0 Å². The second-order valence-electron chi connectivity index (χ2n) is 6.51. The molecule has 0 saturated carbocycles. The smallest absolute Gasteiger partial charge is 0.271 e. The first kappa shape index (κ1) is 17.1. The molecule has 138 valence electrons. The second kappa shape index (κ2) is 5.87. The first-order chi connectivity index (χ1) is 12.9. The summed E-state index contributed by atoms with van der Waals surface area (Å²) in [6.07, 6.45) is 0.176. The van der Waals surface area contributed by atoms with Crippen molar-refractivity contribution in [3.05, 3.63) is 59.7 Å². The van der Waals surface area contributed by atoms with E-state index in [0.29, 0.717) is 11.3 Å². The van der Waals surface area contributed by atoms with Crippen LogP contribution in [0.1, 0.15) is 23.2 Å². The second-order valence-corrected chi connectivity index (χ2v) is 6.51. The van der Waals surface area contributed by atoms with E-state index in [4.69, 9.17) is 0 Å². The Morgan fingerprint density at radius 1 is 1.11 bits per heavy atom. The van der Waals surface area contributed by atoms with Gasteiger partial charge in [0.25, 0.3) is 11.8 Å². The van der Waals surface area contributed by atoms with Crippen LogP contribution in [0.25, 0.3) is 0 Å². The van der Waals surface area contributed by atoms with E-state index in [0.717, 1.165) is 12.1 Å². The molecule has 1 unspecified atom stereocenters. The zero-order valence-corrected chi connectivity index (χ0v) is 14.3. The van der Waals surface area contributed by atoms with E-state index in [1.165, 1.54) is 22.9 Å². The van der Waals surface area contributed by atoms with Gasteiger partial charge in [0.15, 0.2) is 11.6 Å². The van der Waals surface area contributed by atoms with Gasteiger partial charge in [0.1, 0.15) is 0 Å². The Labute approximate surface area is 153 Å². The Bertz CT molecular complexity index is 994. The van der Waals surface area contributed by atoms with Gasteiger partial charge in [-0.15, -0.1) is 0 Å². The number of likely N-dealkylation sites (N-methyl/N-ethyl adjacent to an activating group) is 1. The molecule has 0 bridgehead atoms. The molecule has 8 heteroatoms. The summed E-state index contributed by atoms with van der Waals surface area (Å²) in [5, 5.41) is 2.51. The summed E-state index contributed by atoms with van der Waals surface area (Å²) in [5.41, 5.74) is -0.838. The molecule has 0 aromatic heterocycles. The van der Waals surface area contributed by atoms with E-state index >= 15 is 0 Å². The molecule has 2 heterocycles. The zero-order valence-electron chi connectivity index (χ0n) is 14.3. The summed E-state index contributed by atoms with van der Waals surface area (Å²) in [7, 11) is 1.45. The van der Waals surface area contributed by atoms with Crippen LogP contribution in [-0.2, 0) is 9.59 Å². The average molecular weight is 371 g/mol. The van der Waals surface area contributed by atoms with Gasteiger partial charge in [-0.1, -0.05) is 12.1 Å². The summed E-state index contributed by atoms with van der Waals surface area (Å²) < 4.78 is 26.6. The minimum atomic E-state index is -1.56. The topological polar surface area (TPSA) is 69.7 Å². The molecule has 2 aromatic rings. The number of hydrogen-bond donors (Lipinski definition) is 1. The lowest BCUT2D eigenvalue weighted by Crippen LogP contribution is -2.68. The Balaban J connectivity index is 1.79. The summed E-state index contributed by atoms with van der Waals surface area (Å²) >= 11 is 0. The fourth-order valence-electron chi connectivity index (χ4n) is 3.73. The van der Waals surface area contributed by atoms with Crippen LogP contribution < -0.4 is 10.2 Å². The van der Waals surface area contributed by atoms with Crippen molar-refractivity contribution in [1.29, 1.82) is 0 Å². The van der Waals surface area contributed by atoms with Crippen molar-refractivity contribution in [1.82, 2.24) is 4.90 Å². The minimum absolute atomic E-state index is 0.0345. The van der Waals surface area contributed by atoms with Gasteiger partial charge in [-0.2, -0.15) is 0 Å². The highest BCUT2D eigenvalue weighted by Gasteiger charge is 2.59. The number of halogens is 2. The van der Waals surface area contributed by atoms with Gasteiger partial charge in [0, 0.05) is 31.6 Å². The van der Waals surface area contributed by atoms with Gasteiger partial charge in [-0.25, -0.2) is 8.78 Å². The van der Waals surface area contributed by atoms with Crippen LogP contribution in [0.3, 0.4) is 0 Å². The number of carbonyl (C=O) groups is 3. The largest absolute Gasteiger partial charge is 0.322 e. The average Bonchev–Trinajstić information content (AvgIpc) is 3.01. The summed E-state index contributed by atoms with van der Waals surface area (Å²) in [5.74, 6) is -3.49. The molecule has 2 aromatic carbocycles. The first-order valence-electron chi connectivity index (χ1n) is 8.33. The van der Waals surface area contributed by atoms with Crippen molar-refractivity contribution in [2.75, 3.05) is 17.3 Å². The third kappa shape index (κ3) is 2.33. The molecule has 1 saturated heterocycles. The van der Waals surface area contributed by atoms with Gasteiger partial charge in [-0.3, -0.25) is 19.3 Å². The van der Waals surface area contributed by atoms with Crippen molar-refractivity contribution >= 4 is 29.1 Å². The lowest BCUT2D eigenvalue weighted by Gasteiger charge is -2.47. The summed E-state index contributed by atoms with van der Waals surface area (Å²) in [6.45, 7) is 0. The van der Waals surface area contributed by atoms with Crippen molar-refractivity contribution in [2.45, 2.75) is 18.5 Å². The van der Waals surface area contributed by atoms with Gasteiger partial charge in [-0.05, 0) is 24.3 Å². The van der Waals surface area contributed by atoms with Gasteiger partial charge in [0.05, 0.1) is 11.3 Å². The summed E-state index contributed by atoms with van der Waals surface area (Å²) in [4.78, 5) is 41.1. The predicted octanol–water partition coefficient (Wildman–Crippen LogP) is 2.51. The van der Waals surface area contributed by atoms with Crippen molar-refractivity contribution < 1.29 is 23.2 Å². The van der Waals surface area contributed by atoms with Crippen molar-refractivity contribution in [3.8, 4) is 0 Å². The van der Waals surface area contributed by atoms with E-state index < -0.39 is 29.1 Å². The fraction of sp³-hybridized carbons (Fsp3) is 0.211. The Morgan fingerprint density at radius 3 is 2.59 bits per heavy atom. The van der Waals surface area contributed by atoms with Crippen molar-refractivity contribution in [2.24, 2.45) is 0 Å². The Hall–Kier alpha value is -3.29. The number of anilines is 2. The maximum atomic E-state index is 13.5. The van der Waals surface area contributed by atoms with Crippen LogP contribution in [0, 0.1) is 11.6 Å². The number of amides is 3. The molecular weight excluding hydrogens is 356 g/mol. The number of nitrogens with zero attached hydrogens (tertiary/aromatic N) is 2. The molecule has 2 aliphatic rings. The molecule has 27 heavy (non-hydrogen) atoms. The number of hydrogen-bond acceptors (Lipinski definition) is 3. The number of para-hydroxylation sites is 1. The number of rotatable bonds is 2. The first-order valence-corrected chi connectivity index (χ1v) is 8.33. The normalized spacial score (nSPS) is 21.1. The van der Waals surface area contributed by atoms with E-state index in [2.05, 4.69) is 5.32 Å². The predicted molar refractivity (Wildman–Crippen MR) is 93.0 cm³/mol. The molecule has 4 rings (SSSR count). The SMILES string of the molecule is CN1C(=O)c2ccccc2N2C(=O)CCC12C(=O)Nc1ccc(F)c(F)c1. The Morgan fingerprint density at radius 2 is 1.85 bits per heavy atom. The fourth-order valence-corrected chi connectivity index (χ4v) is 3.73. The van der Waals surface area contributed by atoms with E-state index in [1.807, 2.05) is 0 Å². The van der Waals surface area contributed by atoms with Crippen molar-refractivity contribution in [3.63, 3.8) is 0 Å². The molecule has 0 aliphatic carbocycles. The third-order valence-corrected chi connectivity index (χ3v) is 5.08. The maximum absolute atomic E-state index is 13.5. The lowest BCUT2D eigenvalue weighted by atomic mass is 9.96. The highest BCUT2D eigenvalue weighted by atomic mass is 19.2. The highest BCUT2D eigenvalue weighted by Crippen LogP contribution is 2.44. The number of fused-ring (bicyclic) bond motifs is 3. The van der Waals surface area contributed by atoms with Crippen LogP contribution in [0.2, 0.25) is 0 Å².